The molecule has 0 radical (unpaired) electrons. The molecule has 5 nitrogen and oxygen atoms in total. The molecule has 0 bridgehead atoms. The number of thiazole rings is 1. The molecule has 3 rings (SSSR count). The molecule has 0 fully saturated rings. The molecule has 0 atom stereocenters. The molecule has 1 aromatic carbocycles. The van der Waals surface area contributed by atoms with Crippen LogP contribution in [0.25, 0.3) is 0 Å². The smallest absolute Gasteiger partial charge is 0.222 e. The molecule has 3 aromatic rings. The Morgan fingerprint density at radius 2 is 2.09 bits per heavy atom. The van der Waals surface area contributed by atoms with Crippen LogP contribution < -0.4 is 10.1 Å². The van der Waals surface area contributed by atoms with Crippen molar-refractivity contribution < 1.29 is 4.74 Å². The highest BCUT2D eigenvalue weighted by molar-refractivity contribution is 7.09. The number of benzene rings is 1. The van der Waals surface area contributed by atoms with Gasteiger partial charge in [0.05, 0.1) is 16.3 Å². The van der Waals surface area contributed by atoms with Gasteiger partial charge in [-0.25, -0.2) is 9.67 Å². The van der Waals surface area contributed by atoms with E-state index >= 15 is 0 Å². The predicted molar refractivity (Wildman–Crippen MR) is 92.0 cm³/mol. The van der Waals surface area contributed by atoms with Gasteiger partial charge in [-0.2, -0.15) is 5.10 Å². The Morgan fingerprint density at radius 1 is 1.26 bits per heavy atom. The second-order valence-corrected chi connectivity index (χ2v) is 6.24. The van der Waals surface area contributed by atoms with Crippen LogP contribution in [-0.2, 0) is 20.0 Å². The van der Waals surface area contributed by atoms with Gasteiger partial charge in [0.15, 0.2) is 0 Å². The highest BCUT2D eigenvalue weighted by atomic mass is 32.1. The summed E-state index contributed by atoms with van der Waals surface area (Å²) in [5.74, 6) is 1.61. The highest BCUT2D eigenvalue weighted by Gasteiger charge is 2.15. The van der Waals surface area contributed by atoms with Crippen LogP contribution in [0.15, 0.2) is 41.9 Å². The van der Waals surface area contributed by atoms with E-state index in [9.17, 15) is 0 Å². The molecule has 0 amide bonds. The Labute approximate surface area is 140 Å². The maximum Gasteiger partial charge on any atom is 0.222 e. The average Bonchev–Trinajstić information content (AvgIpc) is 3.15. The molecule has 120 valence electrons. The maximum atomic E-state index is 6.01. The maximum absolute atomic E-state index is 6.01. The summed E-state index contributed by atoms with van der Waals surface area (Å²) in [6.45, 7) is 3.62. The summed E-state index contributed by atoms with van der Waals surface area (Å²) in [5, 5.41) is 11.1. The number of para-hydroxylation sites is 1. The number of aromatic nitrogens is 3. The summed E-state index contributed by atoms with van der Waals surface area (Å²) in [6, 6.07) is 9.79. The van der Waals surface area contributed by atoms with Gasteiger partial charge in [-0.05, 0) is 19.1 Å². The summed E-state index contributed by atoms with van der Waals surface area (Å²) in [6.07, 6.45) is 2.78. The van der Waals surface area contributed by atoms with Crippen molar-refractivity contribution >= 4 is 11.3 Å². The molecule has 0 aliphatic rings. The van der Waals surface area contributed by atoms with Crippen LogP contribution in [0.3, 0.4) is 0 Å². The zero-order valence-corrected chi connectivity index (χ0v) is 14.1. The van der Waals surface area contributed by atoms with Gasteiger partial charge in [0.25, 0.3) is 0 Å². The molecule has 0 saturated carbocycles. The van der Waals surface area contributed by atoms with Crippen LogP contribution in [0.4, 0.5) is 0 Å². The largest absolute Gasteiger partial charge is 0.439 e. The first-order chi connectivity index (χ1) is 11.2. The third-order valence-electron chi connectivity index (χ3n) is 3.55. The molecule has 2 heterocycles. The van der Waals surface area contributed by atoms with Crippen molar-refractivity contribution in [3.63, 3.8) is 0 Å². The number of aryl methyl sites for hydroxylation is 2. The van der Waals surface area contributed by atoms with Crippen LogP contribution in [0.5, 0.6) is 11.6 Å². The molecule has 0 saturated heterocycles. The van der Waals surface area contributed by atoms with Crippen LogP contribution in [-0.4, -0.2) is 21.3 Å². The standard InChI is InChI=1S/C17H20N4OS/c1-13-15(12-18-9-8-16-19-10-11-23-16)17(21(2)20-13)22-14-6-4-3-5-7-14/h3-7,10-11,18H,8-9,12H2,1-2H3. The molecular weight excluding hydrogens is 308 g/mol. The highest BCUT2D eigenvalue weighted by Crippen LogP contribution is 2.26. The minimum Gasteiger partial charge on any atom is -0.439 e. The van der Waals surface area contributed by atoms with Gasteiger partial charge >= 0.3 is 0 Å². The normalized spacial score (nSPS) is 10.9. The summed E-state index contributed by atoms with van der Waals surface area (Å²) in [4.78, 5) is 4.29. The Kier molecular flexibility index (Phi) is 5.05. The summed E-state index contributed by atoms with van der Waals surface area (Å²) in [5.41, 5.74) is 2.08. The van der Waals surface area contributed by atoms with Gasteiger partial charge in [-0.15, -0.1) is 11.3 Å². The Bertz CT molecular complexity index is 738. The molecule has 2 aromatic heterocycles. The van der Waals surface area contributed by atoms with Crippen LogP contribution in [0, 0.1) is 6.92 Å². The van der Waals surface area contributed by atoms with Gasteiger partial charge in [0.1, 0.15) is 5.75 Å². The Hall–Kier alpha value is -2.18. The van der Waals surface area contributed by atoms with E-state index in [1.165, 1.54) is 0 Å². The molecule has 23 heavy (non-hydrogen) atoms. The van der Waals surface area contributed by atoms with Crippen molar-refractivity contribution in [1.82, 2.24) is 20.1 Å². The van der Waals surface area contributed by atoms with Crippen molar-refractivity contribution in [3.8, 4) is 11.6 Å². The van der Waals surface area contributed by atoms with Gasteiger partial charge in [0.2, 0.25) is 5.88 Å². The minimum atomic E-state index is 0.729. The molecule has 0 aliphatic heterocycles. The quantitative estimate of drug-likeness (QED) is 0.676. The van der Waals surface area contributed by atoms with E-state index in [0.29, 0.717) is 0 Å². The minimum absolute atomic E-state index is 0.729. The fraction of sp³-hybridized carbons (Fsp3) is 0.294. The number of nitrogens with zero attached hydrogens (tertiary/aromatic N) is 3. The first-order valence-corrected chi connectivity index (χ1v) is 8.46. The van der Waals surface area contributed by atoms with Gasteiger partial charge in [-0.3, -0.25) is 0 Å². The number of hydrogen-bond acceptors (Lipinski definition) is 5. The van der Waals surface area contributed by atoms with Crippen molar-refractivity contribution in [1.29, 1.82) is 0 Å². The number of nitrogens with one attached hydrogen (secondary N) is 1. The Balaban J connectivity index is 1.64. The molecule has 1 N–H and O–H groups in total. The van der Waals surface area contributed by atoms with E-state index in [1.54, 1.807) is 16.0 Å². The lowest BCUT2D eigenvalue weighted by atomic mass is 10.2. The fourth-order valence-electron chi connectivity index (χ4n) is 2.40. The average molecular weight is 328 g/mol. The van der Waals surface area contributed by atoms with E-state index in [0.717, 1.165) is 47.4 Å². The lowest BCUT2D eigenvalue weighted by Gasteiger charge is -2.09. The fourth-order valence-corrected chi connectivity index (χ4v) is 3.02. The topological polar surface area (TPSA) is 52.0 Å². The van der Waals surface area contributed by atoms with Crippen molar-refractivity contribution in [3.05, 3.63) is 58.2 Å². The summed E-state index contributed by atoms with van der Waals surface area (Å²) in [7, 11) is 1.91. The summed E-state index contributed by atoms with van der Waals surface area (Å²) < 4.78 is 7.81. The SMILES string of the molecule is Cc1nn(C)c(Oc2ccccc2)c1CNCCc1nccs1. The van der Waals surface area contributed by atoms with Crippen molar-refractivity contribution in [2.45, 2.75) is 19.9 Å². The first kappa shape index (κ1) is 15.7. The lowest BCUT2D eigenvalue weighted by molar-refractivity contribution is 0.424. The lowest BCUT2D eigenvalue weighted by Crippen LogP contribution is -2.17. The number of ether oxygens (including phenoxy) is 1. The molecule has 0 aliphatic carbocycles. The van der Waals surface area contributed by atoms with E-state index in [-0.39, 0.29) is 0 Å². The van der Waals surface area contributed by atoms with Crippen LogP contribution >= 0.6 is 11.3 Å². The second kappa shape index (κ2) is 7.39. The third kappa shape index (κ3) is 3.97. The predicted octanol–water partition coefficient (Wildman–Crippen LogP) is 3.31. The van der Waals surface area contributed by atoms with E-state index in [2.05, 4.69) is 15.4 Å². The van der Waals surface area contributed by atoms with E-state index in [4.69, 9.17) is 4.74 Å². The monoisotopic (exact) mass is 328 g/mol. The Morgan fingerprint density at radius 3 is 2.83 bits per heavy atom. The van der Waals surface area contributed by atoms with Crippen LogP contribution in [0.2, 0.25) is 0 Å². The van der Waals surface area contributed by atoms with Crippen LogP contribution in [0.1, 0.15) is 16.3 Å². The molecular formula is C17H20N4OS. The van der Waals surface area contributed by atoms with Crippen molar-refractivity contribution in [2.75, 3.05) is 6.54 Å². The molecule has 6 heteroatoms. The number of hydrogen-bond donors (Lipinski definition) is 1. The van der Waals surface area contributed by atoms with Crippen molar-refractivity contribution in [2.24, 2.45) is 7.05 Å². The van der Waals surface area contributed by atoms with Gasteiger partial charge in [-0.1, -0.05) is 18.2 Å². The third-order valence-corrected chi connectivity index (χ3v) is 4.39. The zero-order chi connectivity index (χ0) is 16.1. The number of rotatable bonds is 7. The van der Waals surface area contributed by atoms with E-state index < -0.39 is 0 Å². The second-order valence-electron chi connectivity index (χ2n) is 5.26. The first-order valence-electron chi connectivity index (χ1n) is 7.58. The van der Waals surface area contributed by atoms with Gasteiger partial charge in [0, 0.05) is 38.1 Å². The van der Waals surface area contributed by atoms with E-state index in [1.807, 2.05) is 55.9 Å². The summed E-state index contributed by atoms with van der Waals surface area (Å²) >= 11 is 1.69. The molecule has 0 spiro atoms. The molecule has 0 unspecified atom stereocenters. The zero-order valence-electron chi connectivity index (χ0n) is 13.3. The van der Waals surface area contributed by atoms with Gasteiger partial charge < -0.3 is 10.1 Å².